The molecule has 0 heterocycles. The number of hydrogen-bond acceptors (Lipinski definition) is 2. The highest BCUT2D eigenvalue weighted by atomic mass is 16.5. The van der Waals surface area contributed by atoms with Crippen LogP contribution < -0.4 is 10.5 Å². The SMILES string of the molecule is N=C(N)c1cccc(COc2ccc3c(c2)CCC3)c1. The molecule has 1 aliphatic rings. The Morgan fingerprint density at radius 2 is 1.95 bits per heavy atom. The molecule has 0 unspecified atom stereocenters. The number of fused-ring (bicyclic) bond motifs is 1. The second kappa shape index (κ2) is 5.37. The molecular weight excluding hydrogens is 248 g/mol. The zero-order chi connectivity index (χ0) is 13.9. The number of hydrogen-bond donors (Lipinski definition) is 2. The molecule has 3 rings (SSSR count). The fraction of sp³-hybridized carbons (Fsp3) is 0.235. The van der Waals surface area contributed by atoms with Crippen molar-refractivity contribution < 1.29 is 4.74 Å². The van der Waals surface area contributed by atoms with Crippen LogP contribution in [0.15, 0.2) is 42.5 Å². The van der Waals surface area contributed by atoms with Crippen LogP contribution in [0.3, 0.4) is 0 Å². The molecule has 3 heteroatoms. The minimum atomic E-state index is 0.0874. The molecule has 0 radical (unpaired) electrons. The van der Waals surface area contributed by atoms with E-state index in [0.717, 1.165) is 23.3 Å². The van der Waals surface area contributed by atoms with Gasteiger partial charge in [-0.2, -0.15) is 0 Å². The van der Waals surface area contributed by atoms with Crippen LogP contribution in [0.4, 0.5) is 0 Å². The molecular formula is C17H18N2O. The summed E-state index contributed by atoms with van der Waals surface area (Å²) in [5.41, 5.74) is 10.1. The number of nitrogens with one attached hydrogen (secondary N) is 1. The Bertz CT molecular complexity index is 649. The lowest BCUT2D eigenvalue weighted by atomic mass is 10.1. The molecule has 0 fully saturated rings. The van der Waals surface area contributed by atoms with Gasteiger partial charge in [0.1, 0.15) is 18.2 Å². The predicted molar refractivity (Wildman–Crippen MR) is 80.3 cm³/mol. The molecule has 2 aromatic carbocycles. The number of ether oxygens (including phenoxy) is 1. The third kappa shape index (κ3) is 2.67. The van der Waals surface area contributed by atoms with E-state index in [-0.39, 0.29) is 5.84 Å². The highest BCUT2D eigenvalue weighted by Crippen LogP contribution is 2.26. The number of benzene rings is 2. The Morgan fingerprint density at radius 3 is 2.80 bits per heavy atom. The summed E-state index contributed by atoms with van der Waals surface area (Å²) >= 11 is 0. The molecule has 0 amide bonds. The van der Waals surface area contributed by atoms with Crippen molar-refractivity contribution >= 4 is 5.84 Å². The maximum Gasteiger partial charge on any atom is 0.122 e. The lowest BCUT2D eigenvalue weighted by molar-refractivity contribution is 0.306. The average Bonchev–Trinajstić information content (AvgIpc) is 2.93. The lowest BCUT2D eigenvalue weighted by Gasteiger charge is -2.09. The van der Waals surface area contributed by atoms with Crippen LogP contribution >= 0.6 is 0 Å². The summed E-state index contributed by atoms with van der Waals surface area (Å²) in [6, 6.07) is 14.0. The van der Waals surface area contributed by atoms with Crippen LogP contribution in [-0.4, -0.2) is 5.84 Å². The van der Waals surface area contributed by atoms with Crippen molar-refractivity contribution in [2.75, 3.05) is 0 Å². The maximum atomic E-state index is 7.45. The highest BCUT2D eigenvalue weighted by molar-refractivity contribution is 5.95. The molecule has 0 bridgehead atoms. The minimum absolute atomic E-state index is 0.0874. The van der Waals surface area contributed by atoms with E-state index in [9.17, 15) is 0 Å². The van der Waals surface area contributed by atoms with E-state index >= 15 is 0 Å². The van der Waals surface area contributed by atoms with Gasteiger partial charge in [-0.3, -0.25) is 5.41 Å². The number of rotatable bonds is 4. The largest absolute Gasteiger partial charge is 0.489 e. The first-order chi connectivity index (χ1) is 9.72. The van der Waals surface area contributed by atoms with Gasteiger partial charge in [0.2, 0.25) is 0 Å². The Morgan fingerprint density at radius 1 is 1.10 bits per heavy atom. The first-order valence-corrected chi connectivity index (χ1v) is 6.90. The van der Waals surface area contributed by atoms with Gasteiger partial charge in [-0.25, -0.2) is 0 Å². The van der Waals surface area contributed by atoms with Gasteiger partial charge in [-0.05, 0) is 54.2 Å². The van der Waals surface area contributed by atoms with Gasteiger partial charge in [-0.1, -0.05) is 24.3 Å². The molecule has 2 aromatic rings. The van der Waals surface area contributed by atoms with Crippen LogP contribution in [0.1, 0.15) is 28.7 Å². The van der Waals surface area contributed by atoms with Crippen LogP contribution in [-0.2, 0) is 19.4 Å². The van der Waals surface area contributed by atoms with Crippen molar-refractivity contribution in [1.82, 2.24) is 0 Å². The summed E-state index contributed by atoms with van der Waals surface area (Å²) in [4.78, 5) is 0. The van der Waals surface area contributed by atoms with Gasteiger partial charge in [-0.15, -0.1) is 0 Å². The Labute approximate surface area is 118 Å². The summed E-state index contributed by atoms with van der Waals surface area (Å²) in [6.07, 6.45) is 3.60. The topological polar surface area (TPSA) is 59.1 Å². The normalized spacial score (nSPS) is 13.0. The van der Waals surface area contributed by atoms with Crippen LogP contribution in [0.2, 0.25) is 0 Å². The molecule has 102 valence electrons. The van der Waals surface area contributed by atoms with Gasteiger partial charge in [0.05, 0.1) is 0 Å². The lowest BCUT2D eigenvalue weighted by Crippen LogP contribution is -2.11. The number of nitrogens with two attached hydrogens (primary N) is 1. The summed E-state index contributed by atoms with van der Waals surface area (Å²) in [5, 5.41) is 7.45. The van der Waals surface area contributed by atoms with Gasteiger partial charge < -0.3 is 10.5 Å². The maximum absolute atomic E-state index is 7.45. The molecule has 3 N–H and O–H groups in total. The van der Waals surface area contributed by atoms with E-state index in [1.54, 1.807) is 0 Å². The molecule has 3 nitrogen and oxygen atoms in total. The highest BCUT2D eigenvalue weighted by Gasteiger charge is 2.11. The summed E-state index contributed by atoms with van der Waals surface area (Å²) < 4.78 is 5.84. The minimum Gasteiger partial charge on any atom is -0.489 e. The molecule has 20 heavy (non-hydrogen) atoms. The number of amidine groups is 1. The molecule has 1 aliphatic carbocycles. The average molecular weight is 266 g/mol. The summed E-state index contributed by atoms with van der Waals surface area (Å²) in [6.45, 7) is 0.500. The van der Waals surface area contributed by atoms with Crippen LogP contribution in [0.5, 0.6) is 5.75 Å². The zero-order valence-corrected chi connectivity index (χ0v) is 11.4. The third-order valence-electron chi connectivity index (χ3n) is 3.71. The third-order valence-corrected chi connectivity index (χ3v) is 3.71. The molecule has 0 aliphatic heterocycles. The second-order valence-electron chi connectivity index (χ2n) is 5.19. The monoisotopic (exact) mass is 266 g/mol. The first-order valence-electron chi connectivity index (χ1n) is 6.90. The fourth-order valence-corrected chi connectivity index (χ4v) is 2.63. The molecule has 0 saturated carbocycles. The Kier molecular flexibility index (Phi) is 3.42. The van der Waals surface area contributed by atoms with Crippen molar-refractivity contribution in [2.45, 2.75) is 25.9 Å². The van der Waals surface area contributed by atoms with E-state index in [4.69, 9.17) is 15.9 Å². The Balaban J connectivity index is 1.70. The fourth-order valence-electron chi connectivity index (χ4n) is 2.63. The van der Waals surface area contributed by atoms with Gasteiger partial charge in [0, 0.05) is 5.56 Å². The van der Waals surface area contributed by atoms with Crippen LogP contribution in [0, 0.1) is 5.41 Å². The van der Waals surface area contributed by atoms with Crippen molar-refractivity contribution in [3.63, 3.8) is 0 Å². The van der Waals surface area contributed by atoms with Crippen molar-refractivity contribution in [3.05, 3.63) is 64.7 Å². The van der Waals surface area contributed by atoms with Gasteiger partial charge >= 0.3 is 0 Å². The summed E-state index contributed by atoms with van der Waals surface area (Å²) in [5.74, 6) is 1.00. The number of aryl methyl sites for hydroxylation is 2. The van der Waals surface area contributed by atoms with E-state index in [0.29, 0.717) is 6.61 Å². The van der Waals surface area contributed by atoms with E-state index in [1.807, 2.05) is 30.3 Å². The van der Waals surface area contributed by atoms with Crippen molar-refractivity contribution in [1.29, 1.82) is 5.41 Å². The standard InChI is InChI=1S/C17H18N2O/c18-17(19)15-6-1-3-12(9-15)11-20-16-8-7-13-4-2-5-14(13)10-16/h1,3,6-10H,2,4-5,11H2,(H3,18,19). The first kappa shape index (κ1) is 12.7. The molecule has 0 atom stereocenters. The molecule has 0 aromatic heterocycles. The Hall–Kier alpha value is -2.29. The number of nitrogen functional groups attached to an aromatic ring is 1. The second-order valence-corrected chi connectivity index (χ2v) is 5.19. The van der Waals surface area contributed by atoms with Crippen LogP contribution in [0.25, 0.3) is 0 Å². The van der Waals surface area contributed by atoms with Crippen molar-refractivity contribution in [2.24, 2.45) is 5.73 Å². The zero-order valence-electron chi connectivity index (χ0n) is 11.4. The van der Waals surface area contributed by atoms with Gasteiger partial charge in [0.25, 0.3) is 0 Å². The molecule has 0 saturated heterocycles. The quantitative estimate of drug-likeness (QED) is 0.660. The predicted octanol–water partition coefficient (Wildman–Crippen LogP) is 3.04. The van der Waals surface area contributed by atoms with Gasteiger partial charge in [0.15, 0.2) is 0 Å². The summed E-state index contributed by atoms with van der Waals surface area (Å²) in [7, 11) is 0. The smallest absolute Gasteiger partial charge is 0.122 e. The van der Waals surface area contributed by atoms with E-state index in [2.05, 4.69) is 12.1 Å². The van der Waals surface area contributed by atoms with Crippen molar-refractivity contribution in [3.8, 4) is 5.75 Å². The molecule has 0 spiro atoms. The van der Waals surface area contributed by atoms with E-state index < -0.39 is 0 Å². The van der Waals surface area contributed by atoms with E-state index in [1.165, 1.54) is 24.0 Å².